The Balaban J connectivity index is 1.25. The van der Waals surface area contributed by atoms with Crippen LogP contribution in [0.5, 0.6) is 11.5 Å². The number of hydrogen-bond acceptors (Lipinski definition) is 4. The molecule has 4 aliphatic carbocycles. The van der Waals surface area contributed by atoms with Crippen LogP contribution in [0.15, 0.2) is 83.8 Å². The summed E-state index contributed by atoms with van der Waals surface area (Å²) >= 11 is 0. The van der Waals surface area contributed by atoms with E-state index in [0.717, 1.165) is 51.0 Å². The van der Waals surface area contributed by atoms with Crippen molar-refractivity contribution in [2.75, 3.05) is 7.11 Å². The zero-order valence-electron chi connectivity index (χ0n) is 22.5. The molecule has 0 spiro atoms. The minimum atomic E-state index is -4.01. The topological polar surface area (TPSA) is 52.6 Å². The Morgan fingerprint density at radius 1 is 0.769 bits per heavy atom. The third-order valence-corrected chi connectivity index (χ3v) is 10.8. The van der Waals surface area contributed by atoms with Crippen LogP contribution in [0.1, 0.15) is 49.7 Å². The van der Waals surface area contributed by atoms with E-state index in [4.69, 9.17) is 8.92 Å². The Kier molecular flexibility index (Phi) is 5.78. The van der Waals surface area contributed by atoms with Gasteiger partial charge in [0.15, 0.2) is 0 Å². The molecular weight excluding hydrogens is 504 g/mol. The highest BCUT2D eigenvalue weighted by Gasteiger charge is 2.52. The summed E-state index contributed by atoms with van der Waals surface area (Å²) in [6, 6.07) is 24.9. The van der Waals surface area contributed by atoms with E-state index < -0.39 is 10.1 Å². The van der Waals surface area contributed by atoms with Gasteiger partial charge in [-0.05, 0) is 132 Å². The number of methoxy groups -OCH3 is 1. The van der Waals surface area contributed by atoms with Crippen molar-refractivity contribution in [3.8, 4) is 22.6 Å². The van der Waals surface area contributed by atoms with Crippen molar-refractivity contribution in [1.29, 1.82) is 0 Å². The average molecular weight is 539 g/mol. The first kappa shape index (κ1) is 24.7. The monoisotopic (exact) mass is 538 g/mol. The molecule has 4 saturated carbocycles. The molecule has 0 aromatic heterocycles. The molecule has 4 aromatic carbocycles. The lowest BCUT2D eigenvalue weighted by Gasteiger charge is -2.57. The Morgan fingerprint density at radius 3 is 2.15 bits per heavy atom. The molecule has 8 rings (SSSR count). The molecule has 0 aliphatic heterocycles. The molecule has 4 aliphatic rings. The van der Waals surface area contributed by atoms with Crippen molar-refractivity contribution >= 4 is 20.9 Å². The SMILES string of the molecule is COc1ccc(-c2cc(S(=O)(=O)Oc3ccc4ccccc4c3)ccc2C)cc1C12CC3CC(CC(C3)C1)C2. The molecular formula is C34H34O4S. The van der Waals surface area contributed by atoms with Crippen LogP contribution in [0.3, 0.4) is 0 Å². The average Bonchev–Trinajstić information content (AvgIpc) is 2.92. The van der Waals surface area contributed by atoms with Crippen molar-refractivity contribution in [3.63, 3.8) is 0 Å². The highest BCUT2D eigenvalue weighted by Crippen LogP contribution is 2.62. The minimum absolute atomic E-state index is 0.156. The number of fused-ring (bicyclic) bond motifs is 1. The van der Waals surface area contributed by atoms with E-state index in [0.29, 0.717) is 5.75 Å². The Labute approximate surface area is 231 Å². The maximum absolute atomic E-state index is 13.4. The molecule has 0 saturated heterocycles. The number of ether oxygens (including phenoxy) is 1. The fraction of sp³-hybridized carbons (Fsp3) is 0.353. The number of hydrogen-bond donors (Lipinski definition) is 0. The van der Waals surface area contributed by atoms with E-state index in [-0.39, 0.29) is 10.3 Å². The highest BCUT2D eigenvalue weighted by atomic mass is 32.2. The van der Waals surface area contributed by atoms with Crippen LogP contribution in [0.25, 0.3) is 21.9 Å². The van der Waals surface area contributed by atoms with Gasteiger partial charge in [-0.1, -0.05) is 42.5 Å². The van der Waals surface area contributed by atoms with Gasteiger partial charge in [0.2, 0.25) is 0 Å². The van der Waals surface area contributed by atoms with Gasteiger partial charge in [-0.25, -0.2) is 0 Å². The van der Waals surface area contributed by atoms with Gasteiger partial charge in [0.25, 0.3) is 0 Å². The summed E-state index contributed by atoms with van der Waals surface area (Å²) in [6.45, 7) is 2.03. The summed E-state index contributed by atoms with van der Waals surface area (Å²) in [7, 11) is -2.25. The molecule has 0 N–H and O–H groups in total. The summed E-state index contributed by atoms with van der Waals surface area (Å²) < 4.78 is 38.3. The quantitative estimate of drug-likeness (QED) is 0.233. The molecule has 5 heteroatoms. The summed E-state index contributed by atoms with van der Waals surface area (Å²) in [5.74, 6) is 3.75. The molecule has 0 unspecified atom stereocenters. The molecule has 4 aromatic rings. The van der Waals surface area contributed by atoms with Gasteiger partial charge in [-0.3, -0.25) is 0 Å². The van der Waals surface area contributed by atoms with Crippen LogP contribution in [0.2, 0.25) is 0 Å². The lowest BCUT2D eigenvalue weighted by molar-refractivity contribution is -0.00613. The zero-order valence-corrected chi connectivity index (χ0v) is 23.3. The summed E-state index contributed by atoms with van der Waals surface area (Å²) in [5, 5.41) is 1.97. The minimum Gasteiger partial charge on any atom is -0.496 e. The molecule has 0 radical (unpaired) electrons. The van der Waals surface area contributed by atoms with Gasteiger partial charge in [0.05, 0.1) is 7.11 Å². The van der Waals surface area contributed by atoms with Gasteiger partial charge < -0.3 is 8.92 Å². The molecule has 39 heavy (non-hydrogen) atoms. The van der Waals surface area contributed by atoms with Gasteiger partial charge in [-0.15, -0.1) is 0 Å². The second-order valence-electron chi connectivity index (χ2n) is 12.1. The largest absolute Gasteiger partial charge is 0.496 e. The molecule has 0 heterocycles. The van der Waals surface area contributed by atoms with Crippen LogP contribution in [-0.2, 0) is 15.5 Å². The standard InChI is InChI=1S/C34H34O4S/c1-22-7-11-30(39(35,36)38-29-10-8-26-5-3-4-6-27(26)16-29)18-31(22)28-9-12-33(37-2)32(17-28)34-19-23-13-24(20-34)15-25(14-23)21-34/h3-12,16-18,23-25H,13-15,19-21H2,1-2H3. The molecule has 0 amide bonds. The number of benzene rings is 4. The van der Waals surface area contributed by atoms with Gasteiger partial charge in [0.1, 0.15) is 16.4 Å². The number of rotatable bonds is 6. The highest BCUT2D eigenvalue weighted by molar-refractivity contribution is 7.87. The lowest BCUT2D eigenvalue weighted by Crippen LogP contribution is -2.48. The summed E-state index contributed by atoms with van der Waals surface area (Å²) in [5.41, 5.74) is 4.45. The van der Waals surface area contributed by atoms with E-state index in [2.05, 4.69) is 18.2 Å². The second-order valence-corrected chi connectivity index (χ2v) is 13.7. The van der Waals surface area contributed by atoms with Crippen molar-refractivity contribution in [2.45, 2.75) is 55.8 Å². The van der Waals surface area contributed by atoms with Crippen LogP contribution in [0, 0.1) is 24.7 Å². The normalized spacial score (nSPS) is 25.6. The fourth-order valence-electron chi connectivity index (χ4n) is 8.19. The fourth-order valence-corrected chi connectivity index (χ4v) is 9.14. The molecule has 4 nitrogen and oxygen atoms in total. The maximum Gasteiger partial charge on any atom is 0.339 e. The van der Waals surface area contributed by atoms with Crippen LogP contribution >= 0.6 is 0 Å². The van der Waals surface area contributed by atoms with E-state index in [9.17, 15) is 8.42 Å². The predicted molar refractivity (Wildman–Crippen MR) is 155 cm³/mol. The van der Waals surface area contributed by atoms with Crippen molar-refractivity contribution in [3.05, 3.63) is 90.0 Å². The number of aryl methyl sites for hydroxylation is 1. The van der Waals surface area contributed by atoms with Crippen LogP contribution in [0.4, 0.5) is 0 Å². The Morgan fingerprint density at radius 2 is 1.46 bits per heavy atom. The lowest BCUT2D eigenvalue weighted by atomic mass is 9.48. The summed E-state index contributed by atoms with van der Waals surface area (Å²) in [6.07, 6.45) is 7.88. The molecule has 0 atom stereocenters. The van der Waals surface area contributed by atoms with E-state index in [1.54, 1.807) is 31.4 Å². The van der Waals surface area contributed by atoms with Crippen molar-refractivity contribution in [2.24, 2.45) is 17.8 Å². The first-order chi connectivity index (χ1) is 18.8. The first-order valence-electron chi connectivity index (χ1n) is 14.0. The van der Waals surface area contributed by atoms with Gasteiger partial charge >= 0.3 is 10.1 Å². The second kappa shape index (κ2) is 9.12. The summed E-state index contributed by atoms with van der Waals surface area (Å²) in [4.78, 5) is 0.156. The van der Waals surface area contributed by atoms with Crippen molar-refractivity contribution in [1.82, 2.24) is 0 Å². The maximum atomic E-state index is 13.4. The van der Waals surface area contributed by atoms with Gasteiger partial charge in [0, 0.05) is 5.56 Å². The third-order valence-electron chi connectivity index (χ3n) is 9.54. The predicted octanol–water partition coefficient (Wildman–Crippen LogP) is 8.06. The first-order valence-corrected chi connectivity index (χ1v) is 15.5. The Bertz CT molecular complexity index is 1650. The smallest absolute Gasteiger partial charge is 0.339 e. The van der Waals surface area contributed by atoms with E-state index in [1.165, 1.54) is 44.1 Å². The Hall–Kier alpha value is -3.31. The van der Waals surface area contributed by atoms with Crippen LogP contribution in [-0.4, -0.2) is 15.5 Å². The third kappa shape index (κ3) is 4.31. The zero-order chi connectivity index (χ0) is 26.8. The van der Waals surface area contributed by atoms with Gasteiger partial charge in [-0.2, -0.15) is 8.42 Å². The molecule has 200 valence electrons. The molecule has 4 fully saturated rings. The van der Waals surface area contributed by atoms with Crippen molar-refractivity contribution < 1.29 is 17.3 Å². The molecule has 4 bridgehead atoms. The van der Waals surface area contributed by atoms with E-state index >= 15 is 0 Å². The van der Waals surface area contributed by atoms with E-state index in [1.807, 2.05) is 43.3 Å². The van der Waals surface area contributed by atoms with Crippen LogP contribution < -0.4 is 8.92 Å².